The number of hydrogen-bond acceptors (Lipinski definition) is 2. The fourth-order valence-corrected chi connectivity index (χ4v) is 3.56. The molecule has 0 atom stereocenters. The van der Waals surface area contributed by atoms with Crippen LogP contribution < -0.4 is 5.32 Å². The van der Waals surface area contributed by atoms with Crippen LogP contribution in [0.15, 0.2) is 42.6 Å². The maximum absolute atomic E-state index is 13.1. The summed E-state index contributed by atoms with van der Waals surface area (Å²) in [5.41, 5.74) is 4.72. The Labute approximate surface area is 135 Å². The highest BCUT2D eigenvalue weighted by Gasteiger charge is 2.18. The van der Waals surface area contributed by atoms with Crippen molar-refractivity contribution in [3.8, 4) is 5.69 Å². The maximum atomic E-state index is 13.1. The molecule has 118 valence electrons. The molecule has 1 aliphatic heterocycles. The third-order valence-corrected chi connectivity index (χ3v) is 4.81. The minimum atomic E-state index is -0.227. The Morgan fingerprint density at radius 3 is 2.61 bits per heavy atom. The third kappa shape index (κ3) is 2.63. The van der Waals surface area contributed by atoms with Gasteiger partial charge < -0.3 is 5.32 Å². The molecule has 1 aromatic heterocycles. The first kappa shape index (κ1) is 14.4. The van der Waals surface area contributed by atoms with Gasteiger partial charge in [0.25, 0.3) is 0 Å². The van der Waals surface area contributed by atoms with E-state index in [-0.39, 0.29) is 5.82 Å². The molecule has 1 aliphatic rings. The lowest BCUT2D eigenvalue weighted by Crippen LogP contribution is -2.26. The van der Waals surface area contributed by atoms with Gasteiger partial charge in [0.1, 0.15) is 5.82 Å². The second kappa shape index (κ2) is 5.78. The van der Waals surface area contributed by atoms with Crippen molar-refractivity contribution < 1.29 is 4.39 Å². The highest BCUT2D eigenvalue weighted by atomic mass is 19.1. The number of piperidine rings is 1. The zero-order valence-electron chi connectivity index (χ0n) is 13.2. The number of nitrogens with zero attached hydrogens (tertiary/aromatic N) is 2. The lowest BCUT2D eigenvalue weighted by Gasteiger charge is -2.24. The first-order valence-electron chi connectivity index (χ1n) is 8.17. The van der Waals surface area contributed by atoms with Gasteiger partial charge in [-0.2, -0.15) is 5.10 Å². The SMILES string of the molecule is Cc1cc2c(cnn2-c2ccc(F)cc2)cc1C1CCNCC1. The molecule has 0 saturated carbocycles. The van der Waals surface area contributed by atoms with Gasteiger partial charge in [0.15, 0.2) is 0 Å². The van der Waals surface area contributed by atoms with Crippen LogP contribution in [0.3, 0.4) is 0 Å². The van der Waals surface area contributed by atoms with Gasteiger partial charge in [-0.1, -0.05) is 0 Å². The monoisotopic (exact) mass is 309 g/mol. The normalized spacial score (nSPS) is 16.1. The average molecular weight is 309 g/mol. The van der Waals surface area contributed by atoms with E-state index < -0.39 is 0 Å². The molecule has 0 amide bonds. The average Bonchev–Trinajstić information content (AvgIpc) is 2.98. The number of rotatable bonds is 2. The summed E-state index contributed by atoms with van der Waals surface area (Å²) < 4.78 is 15.0. The number of fused-ring (bicyclic) bond motifs is 1. The minimum absolute atomic E-state index is 0.227. The molecule has 3 aromatic rings. The molecule has 0 spiro atoms. The highest BCUT2D eigenvalue weighted by molar-refractivity contribution is 5.82. The van der Waals surface area contributed by atoms with E-state index in [1.807, 2.05) is 10.9 Å². The Balaban J connectivity index is 1.78. The van der Waals surface area contributed by atoms with Gasteiger partial charge >= 0.3 is 0 Å². The van der Waals surface area contributed by atoms with Gasteiger partial charge in [0.2, 0.25) is 0 Å². The zero-order chi connectivity index (χ0) is 15.8. The van der Waals surface area contributed by atoms with Crippen molar-refractivity contribution in [2.24, 2.45) is 0 Å². The van der Waals surface area contributed by atoms with E-state index in [1.165, 1.54) is 36.1 Å². The molecule has 23 heavy (non-hydrogen) atoms. The molecular weight excluding hydrogens is 289 g/mol. The van der Waals surface area contributed by atoms with Crippen LogP contribution in [-0.2, 0) is 0 Å². The molecule has 1 saturated heterocycles. The molecule has 4 heteroatoms. The molecule has 1 N–H and O–H groups in total. The van der Waals surface area contributed by atoms with Crippen LogP contribution in [0.25, 0.3) is 16.6 Å². The van der Waals surface area contributed by atoms with Crippen molar-refractivity contribution in [3.05, 3.63) is 59.5 Å². The summed E-state index contributed by atoms with van der Waals surface area (Å²) in [6.07, 6.45) is 4.29. The standard InChI is InChI=1S/C19H20FN3/c1-13-10-19-15(11-18(13)14-6-8-21-9-7-14)12-22-23(19)17-4-2-16(20)3-5-17/h2-5,10-12,14,21H,6-9H2,1H3. The molecule has 0 radical (unpaired) electrons. The summed E-state index contributed by atoms with van der Waals surface area (Å²) in [4.78, 5) is 0. The number of halogens is 1. The second-order valence-electron chi connectivity index (χ2n) is 6.32. The maximum Gasteiger partial charge on any atom is 0.123 e. The van der Waals surface area contributed by atoms with Gasteiger partial charge in [-0.15, -0.1) is 0 Å². The second-order valence-corrected chi connectivity index (χ2v) is 6.32. The van der Waals surface area contributed by atoms with E-state index in [0.717, 1.165) is 29.7 Å². The first-order chi connectivity index (χ1) is 11.2. The number of benzene rings is 2. The van der Waals surface area contributed by atoms with Crippen LogP contribution in [0.4, 0.5) is 4.39 Å². The minimum Gasteiger partial charge on any atom is -0.317 e. The van der Waals surface area contributed by atoms with Crippen molar-refractivity contribution in [1.82, 2.24) is 15.1 Å². The zero-order valence-corrected chi connectivity index (χ0v) is 13.2. The van der Waals surface area contributed by atoms with Crippen molar-refractivity contribution >= 4 is 10.9 Å². The summed E-state index contributed by atoms with van der Waals surface area (Å²) in [5.74, 6) is 0.407. The van der Waals surface area contributed by atoms with E-state index in [9.17, 15) is 4.39 Å². The highest BCUT2D eigenvalue weighted by Crippen LogP contribution is 2.31. The van der Waals surface area contributed by atoms with E-state index in [2.05, 4.69) is 29.5 Å². The number of aryl methyl sites for hydroxylation is 1. The lowest BCUT2D eigenvalue weighted by molar-refractivity contribution is 0.459. The van der Waals surface area contributed by atoms with Gasteiger partial charge in [0.05, 0.1) is 17.4 Å². The van der Waals surface area contributed by atoms with Gasteiger partial charge in [-0.3, -0.25) is 0 Å². The fraction of sp³-hybridized carbons (Fsp3) is 0.316. The molecule has 2 aromatic carbocycles. The summed E-state index contributed by atoms with van der Waals surface area (Å²) in [6, 6.07) is 11.0. The van der Waals surface area contributed by atoms with Crippen molar-refractivity contribution in [2.45, 2.75) is 25.7 Å². The van der Waals surface area contributed by atoms with Gasteiger partial charge in [0, 0.05) is 5.39 Å². The summed E-state index contributed by atoms with van der Waals surface area (Å²) >= 11 is 0. The molecular formula is C19H20FN3. The number of hydrogen-bond donors (Lipinski definition) is 1. The Bertz CT molecular complexity index is 830. The van der Waals surface area contributed by atoms with Crippen LogP contribution in [0.5, 0.6) is 0 Å². The van der Waals surface area contributed by atoms with E-state index in [0.29, 0.717) is 5.92 Å². The molecule has 4 rings (SSSR count). The third-order valence-electron chi connectivity index (χ3n) is 4.81. The first-order valence-corrected chi connectivity index (χ1v) is 8.17. The van der Waals surface area contributed by atoms with Gasteiger partial charge in [-0.05, 0) is 86.3 Å². The quantitative estimate of drug-likeness (QED) is 0.777. The van der Waals surface area contributed by atoms with E-state index >= 15 is 0 Å². The van der Waals surface area contributed by atoms with Crippen LogP contribution in [0, 0.1) is 12.7 Å². The van der Waals surface area contributed by atoms with E-state index in [4.69, 9.17) is 0 Å². The Kier molecular flexibility index (Phi) is 3.62. The Morgan fingerprint density at radius 2 is 1.87 bits per heavy atom. The van der Waals surface area contributed by atoms with Crippen molar-refractivity contribution in [1.29, 1.82) is 0 Å². The Hall–Kier alpha value is -2.20. The van der Waals surface area contributed by atoms with Crippen LogP contribution >= 0.6 is 0 Å². The van der Waals surface area contributed by atoms with E-state index in [1.54, 1.807) is 12.1 Å². The molecule has 0 bridgehead atoms. The predicted molar refractivity (Wildman–Crippen MR) is 90.6 cm³/mol. The Morgan fingerprint density at radius 1 is 1.13 bits per heavy atom. The smallest absolute Gasteiger partial charge is 0.123 e. The van der Waals surface area contributed by atoms with Crippen LogP contribution in [0.1, 0.15) is 29.9 Å². The largest absolute Gasteiger partial charge is 0.317 e. The topological polar surface area (TPSA) is 29.9 Å². The summed E-state index contributed by atoms with van der Waals surface area (Å²) in [7, 11) is 0. The van der Waals surface area contributed by atoms with Crippen molar-refractivity contribution in [3.63, 3.8) is 0 Å². The fourth-order valence-electron chi connectivity index (χ4n) is 3.56. The number of nitrogens with one attached hydrogen (secondary N) is 1. The number of aromatic nitrogens is 2. The molecule has 3 nitrogen and oxygen atoms in total. The van der Waals surface area contributed by atoms with Crippen LogP contribution in [0.2, 0.25) is 0 Å². The van der Waals surface area contributed by atoms with Gasteiger partial charge in [-0.25, -0.2) is 9.07 Å². The predicted octanol–water partition coefficient (Wildman–Crippen LogP) is 3.94. The lowest BCUT2D eigenvalue weighted by atomic mass is 9.87. The molecule has 1 fully saturated rings. The van der Waals surface area contributed by atoms with Crippen LogP contribution in [-0.4, -0.2) is 22.9 Å². The summed E-state index contributed by atoms with van der Waals surface area (Å²) in [6.45, 7) is 4.37. The molecule has 0 aliphatic carbocycles. The van der Waals surface area contributed by atoms with Crippen molar-refractivity contribution in [2.75, 3.05) is 13.1 Å². The molecule has 2 heterocycles. The summed E-state index contributed by atoms with van der Waals surface area (Å²) in [5, 5.41) is 9.08. The molecule has 0 unspecified atom stereocenters.